The molecular weight excluding hydrogens is 610 g/mol. The van der Waals surface area contributed by atoms with Crippen LogP contribution in [-0.4, -0.2) is 107 Å². The van der Waals surface area contributed by atoms with E-state index in [1.807, 2.05) is 25.7 Å². The first-order chi connectivity index (χ1) is 22.9. The number of likely N-dealkylation sites (N-methyl/N-ethyl adjacent to an activating group) is 1. The van der Waals surface area contributed by atoms with Crippen LogP contribution in [0.1, 0.15) is 124 Å². The van der Waals surface area contributed by atoms with Crippen molar-refractivity contribution in [3.63, 3.8) is 0 Å². The highest BCUT2D eigenvalue weighted by Crippen LogP contribution is 2.36. The SMILES string of the molecule is CCCN(CCC)C(=O)C1CC(C(=O)NC(CC2CCC(O)CC2)C(O)CN(CC)NC(=O)CC2CCCCC2)CC(C(=O)N(C)C)C1. The van der Waals surface area contributed by atoms with E-state index in [2.05, 4.69) is 10.7 Å². The third kappa shape index (κ3) is 12.6. The number of hydrogen-bond donors (Lipinski definition) is 4. The summed E-state index contributed by atoms with van der Waals surface area (Å²) in [6, 6.07) is -0.571. The van der Waals surface area contributed by atoms with Crippen LogP contribution in [0.4, 0.5) is 0 Å². The van der Waals surface area contributed by atoms with Gasteiger partial charge in [-0.15, -0.1) is 0 Å². The van der Waals surface area contributed by atoms with Gasteiger partial charge in [0.15, 0.2) is 0 Å². The first-order valence-corrected chi connectivity index (χ1v) is 19.2. The summed E-state index contributed by atoms with van der Waals surface area (Å²) in [5, 5.41) is 26.7. The number of nitrogens with zero attached hydrogens (tertiary/aromatic N) is 3. The van der Waals surface area contributed by atoms with Gasteiger partial charge in [0, 0.05) is 64.4 Å². The molecule has 3 rings (SSSR count). The predicted molar refractivity (Wildman–Crippen MR) is 187 cm³/mol. The Balaban J connectivity index is 1.75. The van der Waals surface area contributed by atoms with E-state index in [9.17, 15) is 29.4 Å². The number of hydrogen-bond acceptors (Lipinski definition) is 7. The van der Waals surface area contributed by atoms with Gasteiger partial charge in [0.1, 0.15) is 0 Å². The number of hydrazine groups is 1. The van der Waals surface area contributed by atoms with E-state index in [0.29, 0.717) is 70.5 Å². The van der Waals surface area contributed by atoms with Gasteiger partial charge < -0.3 is 25.3 Å². The van der Waals surface area contributed by atoms with Crippen molar-refractivity contribution < 1.29 is 29.4 Å². The summed E-state index contributed by atoms with van der Waals surface area (Å²) in [6.07, 6.45) is 11.4. The van der Waals surface area contributed by atoms with E-state index in [1.54, 1.807) is 24.0 Å². The van der Waals surface area contributed by atoms with Crippen LogP contribution >= 0.6 is 0 Å². The average molecular weight is 678 g/mol. The Labute approximate surface area is 289 Å². The van der Waals surface area contributed by atoms with Gasteiger partial charge in [0.25, 0.3) is 0 Å². The van der Waals surface area contributed by atoms with Crippen LogP contribution < -0.4 is 10.7 Å². The van der Waals surface area contributed by atoms with E-state index in [-0.39, 0.29) is 42.2 Å². The van der Waals surface area contributed by atoms with Gasteiger partial charge in [-0.05, 0) is 88.9 Å². The van der Waals surface area contributed by atoms with Crippen LogP contribution in [0.5, 0.6) is 0 Å². The molecular formula is C37H67N5O6. The van der Waals surface area contributed by atoms with E-state index in [1.165, 1.54) is 19.3 Å². The predicted octanol–water partition coefficient (Wildman–Crippen LogP) is 3.87. The molecule has 0 aromatic heterocycles. The summed E-state index contributed by atoms with van der Waals surface area (Å²) >= 11 is 0. The number of aliphatic hydroxyl groups excluding tert-OH is 2. The van der Waals surface area contributed by atoms with Crippen LogP contribution in [0.2, 0.25) is 0 Å². The summed E-state index contributed by atoms with van der Waals surface area (Å²) < 4.78 is 0. The number of nitrogens with one attached hydrogen (secondary N) is 2. The second-order valence-electron chi connectivity index (χ2n) is 15.2. The highest BCUT2D eigenvalue weighted by Gasteiger charge is 2.41. The van der Waals surface area contributed by atoms with Gasteiger partial charge in [-0.25, -0.2) is 5.01 Å². The van der Waals surface area contributed by atoms with Crippen molar-refractivity contribution in [3.8, 4) is 0 Å². The molecule has 5 unspecified atom stereocenters. The van der Waals surface area contributed by atoms with Crippen molar-refractivity contribution in [1.82, 2.24) is 25.6 Å². The van der Waals surface area contributed by atoms with E-state index in [0.717, 1.165) is 38.5 Å². The van der Waals surface area contributed by atoms with Crippen molar-refractivity contribution in [2.24, 2.45) is 29.6 Å². The summed E-state index contributed by atoms with van der Waals surface area (Å²) in [4.78, 5) is 57.4. The molecule has 0 bridgehead atoms. The van der Waals surface area contributed by atoms with E-state index < -0.39 is 29.9 Å². The molecule has 0 aromatic carbocycles. The Hall–Kier alpha value is -2.24. The smallest absolute Gasteiger partial charge is 0.234 e. The minimum Gasteiger partial charge on any atom is -0.393 e. The standard InChI is InChI=1S/C37H67N5O6/c1-6-18-41(19-7-2)37(48)30-23-28(22-29(24-30)36(47)40(4)5)35(46)38-32(20-27-14-16-31(43)17-15-27)33(44)25-42(8-3)39-34(45)21-26-12-10-9-11-13-26/h26-33,43-44H,6-25H2,1-5H3,(H,38,46)(H,39,45). The third-order valence-corrected chi connectivity index (χ3v) is 11.0. The summed E-state index contributed by atoms with van der Waals surface area (Å²) in [7, 11) is 3.43. The Bertz CT molecular complexity index is 1010. The monoisotopic (exact) mass is 678 g/mol. The highest BCUT2D eigenvalue weighted by molar-refractivity contribution is 5.86. The minimum atomic E-state index is -0.944. The lowest BCUT2D eigenvalue weighted by atomic mass is 9.73. The zero-order valence-electron chi connectivity index (χ0n) is 30.6. The lowest BCUT2D eigenvalue weighted by molar-refractivity contribution is -0.143. The third-order valence-electron chi connectivity index (χ3n) is 11.0. The molecule has 11 nitrogen and oxygen atoms in total. The Kier molecular flexibility index (Phi) is 17.1. The highest BCUT2D eigenvalue weighted by atomic mass is 16.3. The topological polar surface area (TPSA) is 143 Å². The first-order valence-electron chi connectivity index (χ1n) is 19.2. The molecule has 4 N–H and O–H groups in total. The number of rotatable bonds is 17. The number of carbonyl (C=O) groups is 4. The molecule has 0 aliphatic heterocycles. The summed E-state index contributed by atoms with van der Waals surface area (Å²) in [6.45, 7) is 8.02. The van der Waals surface area contributed by atoms with Crippen LogP contribution in [0.3, 0.4) is 0 Å². The van der Waals surface area contributed by atoms with Gasteiger partial charge >= 0.3 is 0 Å². The number of aliphatic hydroxyl groups is 2. The maximum Gasteiger partial charge on any atom is 0.234 e. The lowest BCUT2D eigenvalue weighted by Crippen LogP contribution is -2.54. The minimum absolute atomic E-state index is 0.0210. The molecule has 0 heterocycles. The molecule has 3 fully saturated rings. The van der Waals surface area contributed by atoms with Gasteiger partial charge in [-0.1, -0.05) is 40.0 Å². The maximum absolute atomic E-state index is 14.1. The molecule has 3 aliphatic rings. The normalized spacial score (nSPS) is 26.4. The van der Waals surface area contributed by atoms with Crippen LogP contribution in [-0.2, 0) is 19.2 Å². The van der Waals surface area contributed by atoms with E-state index >= 15 is 0 Å². The van der Waals surface area contributed by atoms with Crippen molar-refractivity contribution in [1.29, 1.82) is 0 Å². The fraction of sp³-hybridized carbons (Fsp3) is 0.892. The lowest BCUT2D eigenvalue weighted by Gasteiger charge is -2.38. The second-order valence-corrected chi connectivity index (χ2v) is 15.2. The molecule has 48 heavy (non-hydrogen) atoms. The molecule has 0 spiro atoms. The molecule has 4 amide bonds. The molecule has 3 saturated carbocycles. The van der Waals surface area contributed by atoms with Crippen molar-refractivity contribution in [2.45, 2.75) is 142 Å². The number of carbonyl (C=O) groups excluding carboxylic acids is 4. The second kappa shape index (κ2) is 20.4. The Morgan fingerprint density at radius 2 is 1.35 bits per heavy atom. The van der Waals surface area contributed by atoms with Crippen molar-refractivity contribution in [3.05, 3.63) is 0 Å². The average Bonchev–Trinajstić information content (AvgIpc) is 3.07. The summed E-state index contributed by atoms with van der Waals surface area (Å²) in [5.41, 5.74) is 3.01. The molecule has 0 saturated heterocycles. The van der Waals surface area contributed by atoms with Crippen molar-refractivity contribution >= 4 is 23.6 Å². The molecule has 3 aliphatic carbocycles. The van der Waals surface area contributed by atoms with Gasteiger partial charge in [0.2, 0.25) is 23.6 Å². The van der Waals surface area contributed by atoms with Gasteiger partial charge in [-0.2, -0.15) is 0 Å². The molecule has 276 valence electrons. The largest absolute Gasteiger partial charge is 0.393 e. The molecule has 0 aromatic rings. The van der Waals surface area contributed by atoms with Crippen LogP contribution in [0, 0.1) is 29.6 Å². The number of amides is 4. The quantitative estimate of drug-likeness (QED) is 0.171. The van der Waals surface area contributed by atoms with E-state index in [4.69, 9.17) is 0 Å². The van der Waals surface area contributed by atoms with Crippen molar-refractivity contribution in [2.75, 3.05) is 40.3 Å². The molecule has 0 radical (unpaired) electrons. The summed E-state index contributed by atoms with van der Waals surface area (Å²) in [5.74, 6) is -1.05. The van der Waals surface area contributed by atoms with Crippen LogP contribution in [0.25, 0.3) is 0 Å². The maximum atomic E-state index is 14.1. The Morgan fingerprint density at radius 3 is 1.92 bits per heavy atom. The zero-order chi connectivity index (χ0) is 35.2. The fourth-order valence-corrected chi connectivity index (χ4v) is 8.27. The Morgan fingerprint density at radius 1 is 0.771 bits per heavy atom. The zero-order valence-corrected chi connectivity index (χ0v) is 30.6. The van der Waals surface area contributed by atoms with Gasteiger partial charge in [0.05, 0.1) is 18.2 Å². The first kappa shape index (κ1) is 40.2. The fourth-order valence-electron chi connectivity index (χ4n) is 8.27. The van der Waals surface area contributed by atoms with Gasteiger partial charge in [-0.3, -0.25) is 24.6 Å². The van der Waals surface area contributed by atoms with Crippen LogP contribution in [0.15, 0.2) is 0 Å². The molecule has 11 heteroatoms. The molecule has 5 atom stereocenters.